The Bertz CT molecular complexity index is 572. The number of rotatable bonds is 6. The molecule has 0 amide bonds. The maximum atomic E-state index is 5.61. The molecule has 112 valence electrons. The molecule has 0 aliphatic heterocycles. The predicted molar refractivity (Wildman–Crippen MR) is 89.0 cm³/mol. The highest BCUT2D eigenvalue weighted by atomic mass is 16.5. The van der Waals surface area contributed by atoms with Crippen LogP contribution in [0.3, 0.4) is 0 Å². The Labute approximate surface area is 128 Å². The Kier molecular flexibility index (Phi) is 5.40. The molecule has 0 radical (unpaired) electrons. The number of ether oxygens (including phenoxy) is 1. The predicted octanol–water partition coefficient (Wildman–Crippen LogP) is 4.21. The van der Waals surface area contributed by atoms with Crippen LogP contribution in [0.2, 0.25) is 0 Å². The van der Waals surface area contributed by atoms with Gasteiger partial charge in [0.2, 0.25) is 0 Å². The summed E-state index contributed by atoms with van der Waals surface area (Å²) < 4.78 is 5.61. The molecule has 0 aliphatic rings. The fourth-order valence-corrected chi connectivity index (χ4v) is 2.75. The van der Waals surface area contributed by atoms with Gasteiger partial charge in [-0.05, 0) is 68.6 Å². The zero-order chi connectivity index (χ0) is 15.2. The highest BCUT2D eigenvalue weighted by molar-refractivity contribution is 5.37. The van der Waals surface area contributed by atoms with Gasteiger partial charge in [0, 0.05) is 6.04 Å². The summed E-state index contributed by atoms with van der Waals surface area (Å²) in [4.78, 5) is 0. The van der Waals surface area contributed by atoms with Gasteiger partial charge < -0.3 is 10.1 Å². The van der Waals surface area contributed by atoms with Crippen molar-refractivity contribution in [1.82, 2.24) is 5.32 Å². The van der Waals surface area contributed by atoms with Crippen molar-refractivity contribution < 1.29 is 4.74 Å². The quantitative estimate of drug-likeness (QED) is 0.857. The van der Waals surface area contributed by atoms with E-state index >= 15 is 0 Å². The van der Waals surface area contributed by atoms with E-state index in [1.807, 2.05) is 20.0 Å². The minimum Gasteiger partial charge on any atom is -0.494 e. The van der Waals surface area contributed by atoms with Gasteiger partial charge in [0.15, 0.2) is 0 Å². The van der Waals surface area contributed by atoms with Crippen LogP contribution in [0.4, 0.5) is 0 Å². The number of benzene rings is 2. The van der Waals surface area contributed by atoms with E-state index in [-0.39, 0.29) is 0 Å². The van der Waals surface area contributed by atoms with Crippen molar-refractivity contribution in [2.24, 2.45) is 0 Å². The van der Waals surface area contributed by atoms with Gasteiger partial charge in [0.1, 0.15) is 5.75 Å². The van der Waals surface area contributed by atoms with E-state index in [1.54, 1.807) is 0 Å². The van der Waals surface area contributed by atoms with Crippen molar-refractivity contribution in [3.63, 3.8) is 0 Å². The van der Waals surface area contributed by atoms with Crippen LogP contribution in [-0.4, -0.2) is 13.7 Å². The van der Waals surface area contributed by atoms with Gasteiger partial charge in [-0.1, -0.05) is 30.3 Å². The molecule has 2 aromatic carbocycles. The molecule has 0 saturated carbocycles. The van der Waals surface area contributed by atoms with Gasteiger partial charge in [0.05, 0.1) is 6.61 Å². The van der Waals surface area contributed by atoms with E-state index in [0.717, 1.165) is 12.2 Å². The molecule has 1 atom stereocenters. The molecule has 0 aromatic heterocycles. The second-order valence-corrected chi connectivity index (χ2v) is 5.42. The molecule has 21 heavy (non-hydrogen) atoms. The molecular weight excluding hydrogens is 258 g/mol. The van der Waals surface area contributed by atoms with Crippen LogP contribution in [0.1, 0.15) is 35.2 Å². The summed E-state index contributed by atoms with van der Waals surface area (Å²) in [6, 6.07) is 15.2. The third-order valence-corrected chi connectivity index (χ3v) is 3.97. The van der Waals surface area contributed by atoms with Crippen LogP contribution in [0, 0.1) is 13.8 Å². The minimum absolute atomic E-state index is 0.296. The molecule has 1 N–H and O–H groups in total. The molecular formula is C19H25NO. The lowest BCUT2D eigenvalue weighted by Gasteiger charge is -2.20. The molecule has 2 heteroatoms. The second-order valence-electron chi connectivity index (χ2n) is 5.42. The second kappa shape index (κ2) is 7.28. The van der Waals surface area contributed by atoms with E-state index in [2.05, 4.69) is 55.6 Å². The summed E-state index contributed by atoms with van der Waals surface area (Å²) in [6.07, 6.45) is 0.991. The lowest BCUT2D eigenvalue weighted by atomic mass is 9.93. The fraction of sp³-hybridized carbons (Fsp3) is 0.368. The van der Waals surface area contributed by atoms with Gasteiger partial charge in [0.25, 0.3) is 0 Å². The monoisotopic (exact) mass is 283 g/mol. The maximum absolute atomic E-state index is 5.61. The Hall–Kier alpha value is -1.80. The fourth-order valence-electron chi connectivity index (χ4n) is 2.75. The van der Waals surface area contributed by atoms with Crippen molar-refractivity contribution >= 4 is 0 Å². The lowest BCUT2D eigenvalue weighted by Crippen LogP contribution is -2.19. The molecule has 1 unspecified atom stereocenters. The van der Waals surface area contributed by atoms with Crippen molar-refractivity contribution in [3.05, 3.63) is 64.7 Å². The van der Waals surface area contributed by atoms with Crippen LogP contribution in [0.5, 0.6) is 5.75 Å². The van der Waals surface area contributed by atoms with E-state index < -0.39 is 0 Å². The smallest absolute Gasteiger partial charge is 0.119 e. The number of hydrogen-bond donors (Lipinski definition) is 1. The standard InChI is InChI=1S/C19H25NO/c1-5-21-17-11-7-10-16(12-17)19(20-4)13-18-14(2)8-6-9-15(18)3/h6-12,19-20H,5,13H2,1-4H3. The van der Waals surface area contributed by atoms with Crippen molar-refractivity contribution in [1.29, 1.82) is 0 Å². The SMILES string of the molecule is CCOc1cccc(C(Cc2c(C)cccc2C)NC)c1. The van der Waals surface area contributed by atoms with Crippen LogP contribution < -0.4 is 10.1 Å². The summed E-state index contributed by atoms with van der Waals surface area (Å²) in [6.45, 7) is 7.08. The number of hydrogen-bond acceptors (Lipinski definition) is 2. The molecule has 2 rings (SSSR count). The molecule has 0 spiro atoms. The van der Waals surface area contributed by atoms with E-state index in [4.69, 9.17) is 4.74 Å². The average Bonchev–Trinajstić information content (AvgIpc) is 2.48. The largest absolute Gasteiger partial charge is 0.494 e. The first kappa shape index (κ1) is 15.6. The van der Waals surface area contributed by atoms with Crippen molar-refractivity contribution in [2.75, 3.05) is 13.7 Å². The van der Waals surface area contributed by atoms with E-state index in [1.165, 1.54) is 22.3 Å². The number of likely N-dealkylation sites (N-methyl/N-ethyl adjacent to an activating group) is 1. The van der Waals surface area contributed by atoms with Crippen LogP contribution in [-0.2, 0) is 6.42 Å². The molecule has 0 heterocycles. The van der Waals surface area contributed by atoms with Gasteiger partial charge >= 0.3 is 0 Å². The third-order valence-electron chi connectivity index (χ3n) is 3.97. The Morgan fingerprint density at radius 2 is 1.71 bits per heavy atom. The van der Waals surface area contributed by atoms with Crippen molar-refractivity contribution in [2.45, 2.75) is 33.2 Å². The molecule has 0 saturated heterocycles. The van der Waals surface area contributed by atoms with Gasteiger partial charge in [-0.25, -0.2) is 0 Å². The Balaban J connectivity index is 2.26. The van der Waals surface area contributed by atoms with Crippen LogP contribution in [0.15, 0.2) is 42.5 Å². The van der Waals surface area contributed by atoms with E-state index in [9.17, 15) is 0 Å². The number of nitrogens with one attached hydrogen (secondary N) is 1. The zero-order valence-electron chi connectivity index (χ0n) is 13.4. The Morgan fingerprint density at radius 3 is 2.33 bits per heavy atom. The van der Waals surface area contributed by atoms with Gasteiger partial charge in [-0.15, -0.1) is 0 Å². The molecule has 2 aromatic rings. The first-order chi connectivity index (χ1) is 10.2. The third kappa shape index (κ3) is 3.85. The lowest BCUT2D eigenvalue weighted by molar-refractivity contribution is 0.339. The van der Waals surface area contributed by atoms with Gasteiger partial charge in [-0.3, -0.25) is 0 Å². The first-order valence-electron chi connectivity index (χ1n) is 7.60. The topological polar surface area (TPSA) is 21.3 Å². The zero-order valence-corrected chi connectivity index (χ0v) is 13.4. The average molecular weight is 283 g/mol. The summed E-state index contributed by atoms with van der Waals surface area (Å²) in [5.74, 6) is 0.941. The van der Waals surface area contributed by atoms with E-state index in [0.29, 0.717) is 12.6 Å². The molecule has 2 nitrogen and oxygen atoms in total. The summed E-state index contributed by atoms with van der Waals surface area (Å²) >= 11 is 0. The maximum Gasteiger partial charge on any atom is 0.119 e. The van der Waals surface area contributed by atoms with Crippen molar-refractivity contribution in [3.8, 4) is 5.75 Å². The minimum atomic E-state index is 0.296. The molecule has 0 bridgehead atoms. The normalized spacial score (nSPS) is 12.2. The van der Waals surface area contributed by atoms with Crippen LogP contribution in [0.25, 0.3) is 0 Å². The Morgan fingerprint density at radius 1 is 1.05 bits per heavy atom. The number of aryl methyl sites for hydroxylation is 2. The highest BCUT2D eigenvalue weighted by Gasteiger charge is 2.13. The molecule has 0 fully saturated rings. The summed E-state index contributed by atoms with van der Waals surface area (Å²) in [7, 11) is 2.02. The molecule has 0 aliphatic carbocycles. The van der Waals surface area contributed by atoms with Crippen LogP contribution >= 0.6 is 0 Å². The summed E-state index contributed by atoms with van der Waals surface area (Å²) in [5.41, 5.74) is 5.41. The van der Waals surface area contributed by atoms with Gasteiger partial charge in [-0.2, -0.15) is 0 Å². The summed E-state index contributed by atoms with van der Waals surface area (Å²) in [5, 5.41) is 3.44. The first-order valence-corrected chi connectivity index (χ1v) is 7.60. The highest BCUT2D eigenvalue weighted by Crippen LogP contribution is 2.25.